The van der Waals surface area contributed by atoms with Crippen molar-refractivity contribution in [2.75, 3.05) is 46.1 Å². The van der Waals surface area contributed by atoms with Crippen LogP contribution in [-0.2, 0) is 15.9 Å². The third-order valence-electron chi connectivity index (χ3n) is 5.99. The van der Waals surface area contributed by atoms with Crippen molar-refractivity contribution in [3.63, 3.8) is 0 Å². The lowest BCUT2D eigenvalue weighted by Gasteiger charge is -2.37. The van der Waals surface area contributed by atoms with Gasteiger partial charge in [-0.25, -0.2) is 0 Å². The molecular weight excluding hydrogens is 364 g/mol. The number of amides is 1. The van der Waals surface area contributed by atoms with Crippen LogP contribution in [0.25, 0.3) is 0 Å². The van der Waals surface area contributed by atoms with Crippen LogP contribution < -0.4 is 5.32 Å². The Hall–Kier alpha value is -2.21. The second kappa shape index (κ2) is 10.0. The smallest absolute Gasteiger partial charge is 0.251 e. The molecule has 2 aliphatic rings. The summed E-state index contributed by atoms with van der Waals surface area (Å²) in [7, 11) is 0. The van der Waals surface area contributed by atoms with Crippen LogP contribution in [-0.4, -0.2) is 62.9 Å². The molecule has 154 valence electrons. The minimum atomic E-state index is 0.00806. The molecular formula is C24H30N2O3. The Labute approximate surface area is 173 Å². The molecule has 2 aromatic carbocycles. The summed E-state index contributed by atoms with van der Waals surface area (Å²) in [5, 5.41) is 3.22. The quantitative estimate of drug-likeness (QED) is 0.785. The van der Waals surface area contributed by atoms with Gasteiger partial charge in [0.2, 0.25) is 0 Å². The van der Waals surface area contributed by atoms with Crippen molar-refractivity contribution in [3.8, 4) is 0 Å². The van der Waals surface area contributed by atoms with Crippen LogP contribution >= 0.6 is 0 Å². The first kappa shape index (κ1) is 20.1. The number of morpholine rings is 1. The Morgan fingerprint density at radius 1 is 1.00 bits per heavy atom. The first-order valence-electron chi connectivity index (χ1n) is 10.6. The van der Waals surface area contributed by atoms with E-state index in [4.69, 9.17) is 9.47 Å². The van der Waals surface area contributed by atoms with Gasteiger partial charge < -0.3 is 14.8 Å². The van der Waals surface area contributed by atoms with Gasteiger partial charge in [0.05, 0.1) is 19.8 Å². The lowest BCUT2D eigenvalue weighted by Crippen LogP contribution is -2.52. The molecule has 2 heterocycles. The van der Waals surface area contributed by atoms with Gasteiger partial charge in [0.25, 0.3) is 5.91 Å². The van der Waals surface area contributed by atoms with Gasteiger partial charge >= 0.3 is 0 Å². The SMILES string of the molecule is O=C(NCC(C1CCOC1)N1CCOCC1)c1ccccc1Cc1ccccc1. The van der Waals surface area contributed by atoms with Crippen LogP contribution in [0.5, 0.6) is 0 Å². The van der Waals surface area contributed by atoms with Crippen molar-refractivity contribution in [1.82, 2.24) is 10.2 Å². The number of hydrogen-bond donors (Lipinski definition) is 1. The van der Waals surface area contributed by atoms with Gasteiger partial charge in [-0.3, -0.25) is 9.69 Å². The Morgan fingerprint density at radius 2 is 1.76 bits per heavy atom. The van der Waals surface area contributed by atoms with E-state index in [0.717, 1.165) is 63.5 Å². The Kier molecular flexibility index (Phi) is 6.93. The van der Waals surface area contributed by atoms with Crippen LogP contribution in [0.4, 0.5) is 0 Å². The van der Waals surface area contributed by atoms with Gasteiger partial charge in [0.15, 0.2) is 0 Å². The van der Waals surface area contributed by atoms with Crippen LogP contribution in [0.3, 0.4) is 0 Å². The van der Waals surface area contributed by atoms with Crippen molar-refractivity contribution in [1.29, 1.82) is 0 Å². The molecule has 2 fully saturated rings. The molecule has 1 N–H and O–H groups in total. The van der Waals surface area contributed by atoms with Gasteiger partial charge in [-0.1, -0.05) is 48.5 Å². The van der Waals surface area contributed by atoms with Gasteiger partial charge in [-0.2, -0.15) is 0 Å². The number of carbonyl (C=O) groups is 1. The Balaban J connectivity index is 1.44. The minimum Gasteiger partial charge on any atom is -0.381 e. The molecule has 2 aromatic rings. The summed E-state index contributed by atoms with van der Waals surface area (Å²) in [4.78, 5) is 15.5. The average Bonchev–Trinajstić information content (AvgIpc) is 3.30. The first-order chi connectivity index (χ1) is 14.3. The zero-order chi connectivity index (χ0) is 19.9. The molecule has 0 spiro atoms. The van der Waals surface area contributed by atoms with Crippen LogP contribution in [0.1, 0.15) is 27.9 Å². The third-order valence-corrected chi connectivity index (χ3v) is 5.99. The summed E-state index contributed by atoms with van der Waals surface area (Å²) in [6.07, 6.45) is 1.82. The number of nitrogens with zero attached hydrogens (tertiary/aromatic N) is 1. The number of nitrogens with one attached hydrogen (secondary N) is 1. The molecule has 0 aromatic heterocycles. The van der Waals surface area contributed by atoms with Gasteiger partial charge in [-0.05, 0) is 30.0 Å². The summed E-state index contributed by atoms with van der Waals surface area (Å²) >= 11 is 0. The van der Waals surface area contributed by atoms with E-state index in [-0.39, 0.29) is 5.91 Å². The Bertz CT molecular complexity index is 784. The topological polar surface area (TPSA) is 50.8 Å². The monoisotopic (exact) mass is 394 g/mol. The molecule has 2 saturated heterocycles. The predicted molar refractivity (Wildman–Crippen MR) is 113 cm³/mol. The van der Waals surface area contributed by atoms with Crippen molar-refractivity contribution in [3.05, 3.63) is 71.3 Å². The van der Waals surface area contributed by atoms with E-state index in [2.05, 4.69) is 22.3 Å². The summed E-state index contributed by atoms with van der Waals surface area (Å²) in [6, 6.07) is 18.5. The number of rotatable bonds is 7. The third kappa shape index (κ3) is 5.24. The maximum atomic E-state index is 13.1. The molecule has 0 bridgehead atoms. The number of carbonyl (C=O) groups excluding carboxylic acids is 1. The molecule has 5 heteroatoms. The largest absolute Gasteiger partial charge is 0.381 e. The number of hydrogen-bond acceptors (Lipinski definition) is 4. The van der Waals surface area contributed by atoms with Crippen molar-refractivity contribution >= 4 is 5.91 Å². The van der Waals surface area contributed by atoms with Crippen LogP contribution in [0, 0.1) is 5.92 Å². The second-order valence-electron chi connectivity index (χ2n) is 7.87. The highest BCUT2D eigenvalue weighted by Gasteiger charge is 2.31. The van der Waals surface area contributed by atoms with E-state index in [0.29, 0.717) is 18.5 Å². The zero-order valence-corrected chi connectivity index (χ0v) is 16.9. The predicted octanol–water partition coefficient (Wildman–Crippen LogP) is 2.74. The standard InChI is InChI=1S/C24H30N2O3/c27-24(22-9-5-4-8-20(22)16-19-6-2-1-3-7-19)25-17-23(21-10-13-29-18-21)26-11-14-28-15-12-26/h1-9,21,23H,10-18H2,(H,25,27). The van der Waals surface area contributed by atoms with E-state index in [9.17, 15) is 4.79 Å². The minimum absolute atomic E-state index is 0.00806. The van der Waals surface area contributed by atoms with E-state index >= 15 is 0 Å². The highest BCUT2D eigenvalue weighted by atomic mass is 16.5. The molecule has 0 saturated carbocycles. The lowest BCUT2D eigenvalue weighted by atomic mass is 9.96. The fourth-order valence-corrected chi connectivity index (χ4v) is 4.36. The van der Waals surface area contributed by atoms with Crippen LogP contribution in [0.15, 0.2) is 54.6 Å². The van der Waals surface area contributed by atoms with E-state index in [1.54, 1.807) is 0 Å². The summed E-state index contributed by atoms with van der Waals surface area (Å²) in [6.45, 7) is 5.60. The van der Waals surface area contributed by atoms with Crippen molar-refractivity contribution in [2.24, 2.45) is 5.92 Å². The van der Waals surface area contributed by atoms with Crippen molar-refractivity contribution in [2.45, 2.75) is 18.9 Å². The molecule has 2 unspecified atom stereocenters. The maximum absolute atomic E-state index is 13.1. The maximum Gasteiger partial charge on any atom is 0.251 e. The normalized spacial score (nSPS) is 21.0. The molecule has 0 aliphatic carbocycles. The molecule has 2 atom stereocenters. The first-order valence-corrected chi connectivity index (χ1v) is 10.6. The second-order valence-corrected chi connectivity index (χ2v) is 7.87. The number of ether oxygens (including phenoxy) is 2. The lowest BCUT2D eigenvalue weighted by molar-refractivity contribution is 0.00166. The summed E-state index contributed by atoms with van der Waals surface area (Å²) < 4.78 is 11.2. The van der Waals surface area contributed by atoms with Crippen LogP contribution in [0.2, 0.25) is 0 Å². The highest BCUT2D eigenvalue weighted by Crippen LogP contribution is 2.22. The zero-order valence-electron chi connectivity index (χ0n) is 16.9. The average molecular weight is 395 g/mol. The van der Waals surface area contributed by atoms with Gasteiger partial charge in [-0.15, -0.1) is 0 Å². The highest BCUT2D eigenvalue weighted by molar-refractivity contribution is 5.95. The van der Waals surface area contributed by atoms with E-state index < -0.39 is 0 Å². The van der Waals surface area contributed by atoms with E-state index in [1.807, 2.05) is 42.5 Å². The number of benzene rings is 2. The summed E-state index contributed by atoms with van der Waals surface area (Å²) in [5.74, 6) is 0.474. The van der Waals surface area contributed by atoms with Gasteiger partial charge in [0, 0.05) is 43.8 Å². The molecule has 4 rings (SSSR count). The fourth-order valence-electron chi connectivity index (χ4n) is 4.36. The Morgan fingerprint density at radius 3 is 2.52 bits per heavy atom. The molecule has 1 amide bonds. The molecule has 0 radical (unpaired) electrons. The summed E-state index contributed by atoms with van der Waals surface area (Å²) in [5.41, 5.74) is 3.03. The molecule has 29 heavy (non-hydrogen) atoms. The molecule has 5 nitrogen and oxygen atoms in total. The van der Waals surface area contributed by atoms with Crippen molar-refractivity contribution < 1.29 is 14.3 Å². The van der Waals surface area contributed by atoms with E-state index in [1.165, 1.54) is 5.56 Å². The molecule has 2 aliphatic heterocycles. The fraction of sp³-hybridized carbons (Fsp3) is 0.458. The van der Waals surface area contributed by atoms with Gasteiger partial charge in [0.1, 0.15) is 0 Å².